The molecule has 0 N–H and O–H groups in total. The summed E-state index contributed by atoms with van der Waals surface area (Å²) < 4.78 is 37.3. The van der Waals surface area contributed by atoms with Gasteiger partial charge in [-0.2, -0.15) is 0 Å². The number of benzene rings is 1. The van der Waals surface area contributed by atoms with Crippen LogP contribution in [-0.4, -0.2) is 62.0 Å². The summed E-state index contributed by atoms with van der Waals surface area (Å²) in [5.41, 5.74) is 0.159. The molecular formula is C18H23FN2O4S. The Morgan fingerprint density at radius 3 is 2.65 bits per heavy atom. The van der Waals surface area contributed by atoms with Gasteiger partial charge in [0.25, 0.3) is 5.91 Å². The number of likely N-dealkylation sites (tertiary alicyclic amines) is 2. The van der Waals surface area contributed by atoms with Crippen LogP contribution in [-0.2, 0) is 14.6 Å². The van der Waals surface area contributed by atoms with E-state index in [0.717, 1.165) is 44.1 Å². The summed E-state index contributed by atoms with van der Waals surface area (Å²) in [6.07, 6.45) is 4.95. The number of nitrogens with zero attached hydrogens (tertiary/aromatic N) is 2. The fourth-order valence-electron chi connectivity index (χ4n) is 3.70. The monoisotopic (exact) mass is 382 g/mol. The van der Waals surface area contributed by atoms with Gasteiger partial charge in [-0.25, -0.2) is 12.8 Å². The first-order valence-corrected chi connectivity index (χ1v) is 10.7. The van der Waals surface area contributed by atoms with Crippen molar-refractivity contribution in [2.24, 2.45) is 0 Å². The summed E-state index contributed by atoms with van der Waals surface area (Å²) in [5, 5.41) is 0. The second-order valence-electron chi connectivity index (χ2n) is 7.01. The third-order valence-electron chi connectivity index (χ3n) is 5.07. The smallest absolute Gasteiger partial charge is 0.254 e. The van der Waals surface area contributed by atoms with Crippen molar-refractivity contribution in [3.05, 3.63) is 29.6 Å². The Morgan fingerprint density at radius 2 is 2.00 bits per heavy atom. The van der Waals surface area contributed by atoms with Gasteiger partial charge < -0.3 is 9.80 Å². The van der Waals surface area contributed by atoms with E-state index in [1.807, 2.05) is 0 Å². The lowest BCUT2D eigenvalue weighted by atomic mass is 10.00. The maximum Gasteiger partial charge on any atom is 0.254 e. The van der Waals surface area contributed by atoms with Crippen LogP contribution in [0.25, 0.3) is 0 Å². The molecule has 1 unspecified atom stereocenters. The van der Waals surface area contributed by atoms with Gasteiger partial charge in [0, 0.05) is 43.9 Å². The van der Waals surface area contributed by atoms with Crippen molar-refractivity contribution >= 4 is 21.7 Å². The highest BCUT2D eigenvalue weighted by atomic mass is 32.2. The van der Waals surface area contributed by atoms with Crippen LogP contribution in [0.1, 0.15) is 42.5 Å². The second kappa shape index (κ2) is 7.34. The number of piperidine rings is 1. The topological polar surface area (TPSA) is 74.8 Å². The molecule has 6 nitrogen and oxygen atoms in total. The molecule has 0 saturated carbocycles. The minimum Gasteiger partial charge on any atom is -0.341 e. The zero-order valence-corrected chi connectivity index (χ0v) is 15.6. The molecule has 0 radical (unpaired) electrons. The predicted molar refractivity (Wildman–Crippen MR) is 94.0 cm³/mol. The Labute approximate surface area is 152 Å². The number of hydrogen-bond acceptors (Lipinski definition) is 4. The van der Waals surface area contributed by atoms with Crippen molar-refractivity contribution in [2.45, 2.75) is 43.0 Å². The maximum atomic E-state index is 13.8. The lowest BCUT2D eigenvalue weighted by molar-refractivity contribution is -0.128. The summed E-state index contributed by atoms with van der Waals surface area (Å²) in [6.45, 7) is 1.77. The van der Waals surface area contributed by atoms with Crippen molar-refractivity contribution < 1.29 is 22.4 Å². The van der Waals surface area contributed by atoms with E-state index >= 15 is 0 Å². The van der Waals surface area contributed by atoms with Crippen LogP contribution in [0.4, 0.5) is 4.39 Å². The van der Waals surface area contributed by atoms with Crippen LogP contribution in [0.5, 0.6) is 0 Å². The van der Waals surface area contributed by atoms with E-state index in [9.17, 15) is 22.4 Å². The van der Waals surface area contributed by atoms with Gasteiger partial charge in [0.1, 0.15) is 10.7 Å². The number of amides is 2. The highest BCUT2D eigenvalue weighted by molar-refractivity contribution is 7.90. The molecule has 0 aliphatic carbocycles. The van der Waals surface area contributed by atoms with Crippen molar-refractivity contribution in [1.82, 2.24) is 9.80 Å². The van der Waals surface area contributed by atoms with Gasteiger partial charge in [-0.05, 0) is 43.9 Å². The standard InChI is InChI=1S/C18H23FN2O4S/c1-26(24,25)16-11-13(7-8-15(16)19)18(23)21-10-3-2-5-14(21)12-20-9-4-6-17(20)22/h7-8,11,14H,2-6,9-10,12H2,1H3. The van der Waals surface area contributed by atoms with E-state index in [-0.39, 0.29) is 23.4 Å². The summed E-state index contributed by atoms with van der Waals surface area (Å²) >= 11 is 0. The number of sulfone groups is 1. The van der Waals surface area contributed by atoms with E-state index < -0.39 is 20.5 Å². The average molecular weight is 382 g/mol. The van der Waals surface area contributed by atoms with Crippen molar-refractivity contribution in [1.29, 1.82) is 0 Å². The van der Waals surface area contributed by atoms with Gasteiger partial charge in [-0.1, -0.05) is 0 Å². The lowest BCUT2D eigenvalue weighted by Gasteiger charge is -2.38. The molecule has 142 valence electrons. The quantitative estimate of drug-likeness (QED) is 0.796. The largest absolute Gasteiger partial charge is 0.341 e. The van der Waals surface area contributed by atoms with Crippen LogP contribution in [0.2, 0.25) is 0 Å². The van der Waals surface area contributed by atoms with E-state index in [1.54, 1.807) is 9.80 Å². The molecule has 2 amide bonds. The molecule has 0 spiro atoms. The normalized spacial score (nSPS) is 21.3. The molecule has 0 bridgehead atoms. The molecular weight excluding hydrogens is 359 g/mol. The molecule has 2 fully saturated rings. The Kier molecular flexibility index (Phi) is 5.32. The number of halogens is 1. The number of carbonyl (C=O) groups is 2. The summed E-state index contributed by atoms with van der Waals surface area (Å²) in [6, 6.07) is 3.36. The third-order valence-corrected chi connectivity index (χ3v) is 6.18. The summed E-state index contributed by atoms with van der Waals surface area (Å²) in [7, 11) is -3.76. The molecule has 1 aromatic carbocycles. The van der Waals surface area contributed by atoms with Crippen molar-refractivity contribution in [3.8, 4) is 0 Å². The fourth-order valence-corrected chi connectivity index (χ4v) is 4.46. The van der Waals surface area contributed by atoms with E-state index in [0.29, 0.717) is 26.1 Å². The first-order valence-electron chi connectivity index (χ1n) is 8.86. The SMILES string of the molecule is CS(=O)(=O)c1cc(C(=O)N2CCCCC2CN2CCCC2=O)ccc1F. The molecule has 2 heterocycles. The Hall–Kier alpha value is -1.96. The highest BCUT2D eigenvalue weighted by Gasteiger charge is 2.32. The highest BCUT2D eigenvalue weighted by Crippen LogP contribution is 2.24. The third kappa shape index (κ3) is 3.90. The molecule has 3 rings (SSSR count). The van der Waals surface area contributed by atoms with Crippen LogP contribution in [0.15, 0.2) is 23.1 Å². The van der Waals surface area contributed by atoms with Crippen LogP contribution < -0.4 is 0 Å². The van der Waals surface area contributed by atoms with E-state index in [1.165, 1.54) is 6.07 Å². The molecule has 2 saturated heterocycles. The maximum absolute atomic E-state index is 13.8. The van der Waals surface area contributed by atoms with E-state index in [4.69, 9.17) is 0 Å². The van der Waals surface area contributed by atoms with Crippen LogP contribution >= 0.6 is 0 Å². The average Bonchev–Trinajstić information content (AvgIpc) is 2.99. The first-order chi connectivity index (χ1) is 12.3. The fraction of sp³-hybridized carbons (Fsp3) is 0.556. The van der Waals surface area contributed by atoms with Crippen molar-refractivity contribution in [2.75, 3.05) is 25.9 Å². The molecule has 2 aliphatic rings. The zero-order valence-electron chi connectivity index (χ0n) is 14.8. The number of rotatable bonds is 4. The Bertz CT molecular complexity index is 824. The minimum absolute atomic E-state index is 0.0926. The van der Waals surface area contributed by atoms with Gasteiger partial charge in [0.2, 0.25) is 5.91 Å². The molecule has 1 aromatic rings. The van der Waals surface area contributed by atoms with Gasteiger partial charge in [-0.3, -0.25) is 9.59 Å². The molecule has 8 heteroatoms. The van der Waals surface area contributed by atoms with Crippen LogP contribution in [0, 0.1) is 5.82 Å². The molecule has 26 heavy (non-hydrogen) atoms. The van der Waals surface area contributed by atoms with Gasteiger partial charge >= 0.3 is 0 Å². The summed E-state index contributed by atoms with van der Waals surface area (Å²) in [4.78, 5) is 27.9. The van der Waals surface area contributed by atoms with Crippen LogP contribution in [0.3, 0.4) is 0 Å². The van der Waals surface area contributed by atoms with Gasteiger partial charge in [0.15, 0.2) is 9.84 Å². The molecule has 1 atom stereocenters. The van der Waals surface area contributed by atoms with Crippen molar-refractivity contribution in [3.63, 3.8) is 0 Å². The Morgan fingerprint density at radius 1 is 1.23 bits per heavy atom. The lowest BCUT2D eigenvalue weighted by Crippen LogP contribution is -2.49. The zero-order chi connectivity index (χ0) is 18.9. The predicted octanol–water partition coefficient (Wildman–Crippen LogP) is 1.85. The first kappa shape index (κ1) is 18.8. The molecule has 0 aromatic heterocycles. The number of carbonyl (C=O) groups excluding carboxylic acids is 2. The minimum atomic E-state index is -3.76. The number of hydrogen-bond donors (Lipinski definition) is 0. The Balaban J connectivity index is 1.83. The molecule has 2 aliphatic heterocycles. The van der Waals surface area contributed by atoms with Gasteiger partial charge in [0.05, 0.1) is 0 Å². The summed E-state index contributed by atoms with van der Waals surface area (Å²) in [5.74, 6) is -1.06. The second-order valence-corrected chi connectivity index (χ2v) is 8.99. The van der Waals surface area contributed by atoms with Gasteiger partial charge in [-0.15, -0.1) is 0 Å². The van der Waals surface area contributed by atoms with E-state index in [2.05, 4.69) is 0 Å².